The Balaban J connectivity index is 1.95. The Morgan fingerprint density at radius 3 is 2.60 bits per heavy atom. The zero-order valence-electron chi connectivity index (χ0n) is 11.5. The fraction of sp³-hybridized carbons (Fsp3) is 0.429. The number of rotatable bonds is 3. The van der Waals surface area contributed by atoms with E-state index in [2.05, 4.69) is 10.2 Å². The lowest BCUT2D eigenvalue weighted by Gasteiger charge is -2.32. The number of anilines is 1. The molecule has 2 N–H and O–H groups in total. The van der Waals surface area contributed by atoms with Crippen LogP contribution in [0.3, 0.4) is 0 Å². The highest BCUT2D eigenvalue weighted by molar-refractivity contribution is 5.89. The quantitative estimate of drug-likeness (QED) is 0.867. The zero-order chi connectivity index (χ0) is 14.5. The number of piperazine rings is 1. The van der Waals surface area contributed by atoms with Crippen LogP contribution in [0.4, 0.5) is 10.5 Å². The molecule has 2 rings (SSSR count). The Kier molecular flexibility index (Phi) is 4.57. The van der Waals surface area contributed by atoms with Gasteiger partial charge in [-0.15, -0.1) is 0 Å². The number of likely N-dealkylation sites (N-methyl/N-ethyl adjacent to an activating group) is 1. The molecule has 1 aromatic rings. The Hall–Kier alpha value is -2.08. The van der Waals surface area contributed by atoms with Gasteiger partial charge in [0.25, 0.3) is 0 Å². The minimum Gasteiger partial charge on any atom is -0.481 e. The van der Waals surface area contributed by atoms with E-state index in [4.69, 9.17) is 5.11 Å². The molecule has 0 unspecified atom stereocenters. The van der Waals surface area contributed by atoms with Crippen molar-refractivity contribution in [1.82, 2.24) is 9.80 Å². The van der Waals surface area contributed by atoms with Crippen molar-refractivity contribution in [2.75, 3.05) is 38.5 Å². The number of carboxylic acids is 1. The van der Waals surface area contributed by atoms with Crippen molar-refractivity contribution in [1.29, 1.82) is 0 Å². The first-order chi connectivity index (χ1) is 9.54. The average molecular weight is 277 g/mol. The SMILES string of the molecule is CN1CCN(C(=O)Nc2cccc(CC(=O)O)c2)CC1. The summed E-state index contributed by atoms with van der Waals surface area (Å²) in [6.07, 6.45) is -0.0434. The van der Waals surface area contributed by atoms with Gasteiger partial charge in [-0.1, -0.05) is 12.1 Å². The van der Waals surface area contributed by atoms with Crippen LogP contribution in [-0.2, 0) is 11.2 Å². The van der Waals surface area contributed by atoms with Crippen LogP contribution < -0.4 is 5.32 Å². The van der Waals surface area contributed by atoms with Gasteiger partial charge in [0.15, 0.2) is 0 Å². The number of carbonyl (C=O) groups excluding carboxylic acids is 1. The lowest BCUT2D eigenvalue weighted by atomic mass is 10.1. The molecule has 1 heterocycles. The van der Waals surface area contributed by atoms with Crippen LogP contribution in [0.15, 0.2) is 24.3 Å². The summed E-state index contributed by atoms with van der Waals surface area (Å²) in [6.45, 7) is 3.15. The molecule has 6 nitrogen and oxygen atoms in total. The number of nitrogens with one attached hydrogen (secondary N) is 1. The third-order valence-electron chi connectivity index (χ3n) is 3.32. The molecule has 0 aliphatic carbocycles. The highest BCUT2D eigenvalue weighted by Gasteiger charge is 2.18. The van der Waals surface area contributed by atoms with E-state index in [1.54, 1.807) is 29.2 Å². The van der Waals surface area contributed by atoms with Gasteiger partial charge in [-0.3, -0.25) is 4.79 Å². The van der Waals surface area contributed by atoms with E-state index in [9.17, 15) is 9.59 Å². The summed E-state index contributed by atoms with van der Waals surface area (Å²) in [5.74, 6) is -0.882. The van der Waals surface area contributed by atoms with Crippen molar-refractivity contribution in [2.24, 2.45) is 0 Å². The standard InChI is InChI=1S/C14H19N3O3/c1-16-5-7-17(8-6-16)14(20)15-12-4-2-3-11(9-12)10-13(18)19/h2-4,9H,5-8,10H2,1H3,(H,15,20)(H,18,19). The van der Waals surface area contributed by atoms with Crippen LogP contribution >= 0.6 is 0 Å². The first-order valence-electron chi connectivity index (χ1n) is 6.60. The average Bonchev–Trinajstić information content (AvgIpc) is 2.39. The summed E-state index contributed by atoms with van der Waals surface area (Å²) in [5.41, 5.74) is 1.31. The molecule has 1 aliphatic heterocycles. The largest absolute Gasteiger partial charge is 0.481 e. The second kappa shape index (κ2) is 6.38. The number of hydrogen-bond donors (Lipinski definition) is 2. The smallest absolute Gasteiger partial charge is 0.321 e. The maximum Gasteiger partial charge on any atom is 0.321 e. The first kappa shape index (κ1) is 14.3. The Bertz CT molecular complexity index is 496. The molecule has 0 aromatic heterocycles. The van der Waals surface area contributed by atoms with Crippen LogP contribution in [0.25, 0.3) is 0 Å². The number of carbonyl (C=O) groups is 2. The van der Waals surface area contributed by atoms with Crippen molar-refractivity contribution in [3.63, 3.8) is 0 Å². The molecule has 1 saturated heterocycles. The van der Waals surface area contributed by atoms with E-state index in [-0.39, 0.29) is 12.5 Å². The van der Waals surface area contributed by atoms with Crippen LogP contribution in [-0.4, -0.2) is 60.1 Å². The van der Waals surface area contributed by atoms with E-state index in [1.807, 2.05) is 7.05 Å². The fourth-order valence-electron chi connectivity index (χ4n) is 2.15. The number of hydrogen-bond acceptors (Lipinski definition) is 3. The highest BCUT2D eigenvalue weighted by Crippen LogP contribution is 2.12. The van der Waals surface area contributed by atoms with E-state index in [1.165, 1.54) is 0 Å². The number of aliphatic carboxylic acids is 1. The van der Waals surface area contributed by atoms with Crippen molar-refractivity contribution < 1.29 is 14.7 Å². The number of nitrogens with zero attached hydrogens (tertiary/aromatic N) is 2. The molecule has 1 aromatic carbocycles. The van der Waals surface area contributed by atoms with Crippen LogP contribution in [0.2, 0.25) is 0 Å². The van der Waals surface area contributed by atoms with Gasteiger partial charge in [-0.2, -0.15) is 0 Å². The molecule has 0 saturated carbocycles. The van der Waals surface area contributed by atoms with Crippen molar-refractivity contribution in [2.45, 2.75) is 6.42 Å². The molecule has 1 fully saturated rings. The number of benzene rings is 1. The van der Waals surface area contributed by atoms with Gasteiger partial charge in [0.05, 0.1) is 6.42 Å². The fourth-order valence-corrected chi connectivity index (χ4v) is 2.15. The van der Waals surface area contributed by atoms with Gasteiger partial charge in [-0.05, 0) is 24.7 Å². The van der Waals surface area contributed by atoms with Crippen LogP contribution in [0.5, 0.6) is 0 Å². The highest BCUT2D eigenvalue weighted by atomic mass is 16.4. The van der Waals surface area contributed by atoms with Gasteiger partial charge in [0, 0.05) is 31.9 Å². The molecule has 0 radical (unpaired) electrons. The van der Waals surface area contributed by atoms with Crippen molar-refractivity contribution >= 4 is 17.7 Å². The van der Waals surface area contributed by atoms with E-state index in [0.717, 1.165) is 13.1 Å². The zero-order valence-corrected chi connectivity index (χ0v) is 11.5. The normalized spacial score (nSPS) is 15.9. The Labute approximate surface area is 118 Å². The molecule has 108 valence electrons. The van der Waals surface area contributed by atoms with Gasteiger partial charge in [0.1, 0.15) is 0 Å². The summed E-state index contributed by atoms with van der Waals surface area (Å²) >= 11 is 0. The second-order valence-corrected chi connectivity index (χ2v) is 4.99. The third-order valence-corrected chi connectivity index (χ3v) is 3.32. The molecule has 0 atom stereocenters. The summed E-state index contributed by atoms with van der Waals surface area (Å²) < 4.78 is 0. The molecule has 0 spiro atoms. The van der Waals surface area contributed by atoms with Gasteiger partial charge < -0.3 is 20.2 Å². The van der Waals surface area contributed by atoms with Crippen molar-refractivity contribution in [3.05, 3.63) is 29.8 Å². The van der Waals surface area contributed by atoms with Gasteiger partial charge >= 0.3 is 12.0 Å². The Morgan fingerprint density at radius 1 is 1.25 bits per heavy atom. The van der Waals surface area contributed by atoms with Crippen molar-refractivity contribution in [3.8, 4) is 0 Å². The molecule has 1 aliphatic rings. The minimum absolute atomic E-state index is 0.0434. The lowest BCUT2D eigenvalue weighted by Crippen LogP contribution is -2.48. The minimum atomic E-state index is -0.882. The maximum atomic E-state index is 12.1. The van der Waals surface area contributed by atoms with Gasteiger partial charge in [-0.25, -0.2) is 4.79 Å². The van der Waals surface area contributed by atoms with E-state index < -0.39 is 5.97 Å². The molecule has 0 bridgehead atoms. The summed E-state index contributed by atoms with van der Waals surface area (Å²) in [7, 11) is 2.03. The number of carboxylic acid groups (broad SMARTS) is 1. The number of urea groups is 1. The molecular weight excluding hydrogens is 258 g/mol. The van der Waals surface area contributed by atoms with E-state index >= 15 is 0 Å². The Morgan fingerprint density at radius 2 is 1.95 bits per heavy atom. The predicted octanol–water partition coefficient (Wildman–Crippen LogP) is 1.09. The topological polar surface area (TPSA) is 72.9 Å². The molecule has 20 heavy (non-hydrogen) atoms. The maximum absolute atomic E-state index is 12.1. The summed E-state index contributed by atoms with van der Waals surface area (Å²) in [4.78, 5) is 26.7. The molecule has 6 heteroatoms. The van der Waals surface area contributed by atoms with Gasteiger partial charge in [0.2, 0.25) is 0 Å². The number of amides is 2. The summed E-state index contributed by atoms with van der Waals surface area (Å²) in [6, 6.07) is 6.81. The monoisotopic (exact) mass is 277 g/mol. The van der Waals surface area contributed by atoms with Crippen LogP contribution in [0.1, 0.15) is 5.56 Å². The predicted molar refractivity (Wildman–Crippen MR) is 75.9 cm³/mol. The van der Waals surface area contributed by atoms with Crippen LogP contribution in [0, 0.1) is 0 Å². The molecule has 2 amide bonds. The third kappa shape index (κ3) is 3.96. The second-order valence-electron chi connectivity index (χ2n) is 4.99. The van der Waals surface area contributed by atoms with E-state index in [0.29, 0.717) is 24.3 Å². The lowest BCUT2D eigenvalue weighted by molar-refractivity contribution is -0.136. The summed E-state index contributed by atoms with van der Waals surface area (Å²) in [5, 5.41) is 11.6. The molecular formula is C14H19N3O3. The first-order valence-corrected chi connectivity index (χ1v) is 6.60.